The van der Waals surface area contributed by atoms with Gasteiger partial charge in [-0.3, -0.25) is 4.90 Å². The zero-order valence-corrected chi connectivity index (χ0v) is 12.7. The molecule has 0 bridgehead atoms. The smallest absolute Gasteiger partial charge is 0.211 e. The minimum absolute atomic E-state index is 0.0195. The standard InChI is InChI=1S/C16H22N2O3/c1-12(18(2)10-14(19)11-20-3)16-17-9-15(21-16)13-7-5-4-6-8-13/h4-9,12,14,19H,10-11H2,1-3H3. The van der Waals surface area contributed by atoms with E-state index in [2.05, 4.69) is 4.98 Å². The van der Waals surface area contributed by atoms with Gasteiger partial charge in [-0.1, -0.05) is 30.3 Å². The van der Waals surface area contributed by atoms with Crippen LogP contribution in [0.2, 0.25) is 0 Å². The Morgan fingerprint density at radius 2 is 2.05 bits per heavy atom. The van der Waals surface area contributed by atoms with E-state index in [1.165, 1.54) is 0 Å². The molecule has 0 fully saturated rings. The second kappa shape index (κ2) is 7.36. The molecule has 2 aromatic rings. The van der Waals surface area contributed by atoms with Gasteiger partial charge in [0.1, 0.15) is 0 Å². The van der Waals surface area contributed by atoms with Crippen molar-refractivity contribution in [3.05, 3.63) is 42.4 Å². The van der Waals surface area contributed by atoms with E-state index in [1.54, 1.807) is 13.3 Å². The Morgan fingerprint density at radius 1 is 1.33 bits per heavy atom. The summed E-state index contributed by atoms with van der Waals surface area (Å²) in [6.07, 6.45) is 1.21. The van der Waals surface area contributed by atoms with Crippen LogP contribution in [-0.4, -0.2) is 48.4 Å². The maximum Gasteiger partial charge on any atom is 0.211 e. The van der Waals surface area contributed by atoms with Crippen molar-refractivity contribution in [2.24, 2.45) is 0 Å². The predicted octanol–water partition coefficient (Wildman–Crippen LogP) is 2.34. The van der Waals surface area contributed by atoms with Gasteiger partial charge in [-0.2, -0.15) is 0 Å². The van der Waals surface area contributed by atoms with Crippen LogP contribution in [0.5, 0.6) is 0 Å². The van der Waals surface area contributed by atoms with Gasteiger partial charge in [-0.05, 0) is 14.0 Å². The first kappa shape index (κ1) is 15.7. The summed E-state index contributed by atoms with van der Waals surface area (Å²) in [6.45, 7) is 2.82. The second-order valence-electron chi connectivity index (χ2n) is 5.15. The van der Waals surface area contributed by atoms with Gasteiger partial charge in [-0.25, -0.2) is 4.98 Å². The number of benzene rings is 1. The lowest BCUT2D eigenvalue weighted by molar-refractivity contribution is 0.0332. The molecule has 5 nitrogen and oxygen atoms in total. The molecule has 0 saturated carbocycles. The van der Waals surface area contributed by atoms with Crippen LogP contribution in [0.25, 0.3) is 11.3 Å². The highest BCUT2D eigenvalue weighted by Crippen LogP contribution is 2.25. The lowest BCUT2D eigenvalue weighted by Gasteiger charge is -2.24. The summed E-state index contributed by atoms with van der Waals surface area (Å²) in [5, 5.41) is 9.78. The number of likely N-dealkylation sites (N-methyl/N-ethyl adjacent to an activating group) is 1. The molecule has 0 aliphatic rings. The quantitative estimate of drug-likeness (QED) is 0.848. The summed E-state index contributed by atoms with van der Waals surface area (Å²) < 4.78 is 10.8. The Morgan fingerprint density at radius 3 is 2.71 bits per heavy atom. The van der Waals surface area contributed by atoms with Gasteiger partial charge in [0.2, 0.25) is 5.89 Å². The minimum Gasteiger partial charge on any atom is -0.439 e. The topological polar surface area (TPSA) is 58.7 Å². The number of aliphatic hydroxyl groups is 1. The van der Waals surface area contributed by atoms with E-state index in [9.17, 15) is 5.11 Å². The number of hydrogen-bond donors (Lipinski definition) is 1. The Bertz CT molecular complexity index is 541. The van der Waals surface area contributed by atoms with E-state index in [0.717, 1.165) is 11.3 Å². The van der Waals surface area contributed by atoms with Crippen molar-refractivity contribution in [3.63, 3.8) is 0 Å². The predicted molar refractivity (Wildman–Crippen MR) is 80.9 cm³/mol. The number of rotatable bonds is 7. The fourth-order valence-electron chi connectivity index (χ4n) is 2.14. The zero-order valence-electron chi connectivity index (χ0n) is 12.7. The van der Waals surface area contributed by atoms with Gasteiger partial charge in [-0.15, -0.1) is 0 Å². The fraction of sp³-hybridized carbons (Fsp3) is 0.438. The molecule has 2 atom stereocenters. The number of aliphatic hydroxyl groups excluding tert-OH is 1. The van der Waals surface area contributed by atoms with Crippen LogP contribution in [-0.2, 0) is 4.74 Å². The highest BCUT2D eigenvalue weighted by atomic mass is 16.5. The molecule has 2 unspecified atom stereocenters. The van der Waals surface area contributed by atoms with Crippen LogP contribution in [0.4, 0.5) is 0 Å². The third-order valence-corrected chi connectivity index (χ3v) is 3.46. The molecule has 0 amide bonds. The molecule has 1 heterocycles. The third-order valence-electron chi connectivity index (χ3n) is 3.46. The SMILES string of the molecule is COCC(O)CN(C)C(C)c1ncc(-c2ccccc2)o1. The summed E-state index contributed by atoms with van der Waals surface area (Å²) in [5.41, 5.74) is 1.01. The average Bonchev–Trinajstić information content (AvgIpc) is 2.97. The summed E-state index contributed by atoms with van der Waals surface area (Å²) in [5.74, 6) is 1.39. The molecule has 21 heavy (non-hydrogen) atoms. The average molecular weight is 290 g/mol. The van der Waals surface area contributed by atoms with Crippen LogP contribution < -0.4 is 0 Å². The lowest BCUT2D eigenvalue weighted by Crippen LogP contribution is -2.33. The van der Waals surface area contributed by atoms with E-state index in [1.807, 2.05) is 49.2 Å². The van der Waals surface area contributed by atoms with E-state index in [-0.39, 0.29) is 6.04 Å². The van der Waals surface area contributed by atoms with Crippen LogP contribution >= 0.6 is 0 Å². The largest absolute Gasteiger partial charge is 0.439 e. The molecular formula is C16H22N2O3. The maximum atomic E-state index is 9.78. The van der Waals surface area contributed by atoms with Gasteiger partial charge in [0.05, 0.1) is 24.9 Å². The second-order valence-corrected chi connectivity index (χ2v) is 5.15. The molecule has 1 aromatic carbocycles. The fourth-order valence-corrected chi connectivity index (χ4v) is 2.14. The molecule has 0 radical (unpaired) electrons. The van der Waals surface area contributed by atoms with Gasteiger partial charge < -0.3 is 14.3 Å². The number of aromatic nitrogens is 1. The van der Waals surface area contributed by atoms with E-state index >= 15 is 0 Å². The van der Waals surface area contributed by atoms with Crippen molar-refractivity contribution in [1.82, 2.24) is 9.88 Å². The molecule has 0 aliphatic carbocycles. The normalized spacial score (nSPS) is 14.3. The molecule has 1 aromatic heterocycles. The number of methoxy groups -OCH3 is 1. The van der Waals surface area contributed by atoms with Crippen LogP contribution in [0.3, 0.4) is 0 Å². The van der Waals surface area contributed by atoms with Gasteiger partial charge in [0, 0.05) is 19.2 Å². The number of oxazole rings is 1. The first-order valence-corrected chi connectivity index (χ1v) is 7.00. The monoisotopic (exact) mass is 290 g/mol. The maximum absolute atomic E-state index is 9.78. The molecule has 0 spiro atoms. The highest BCUT2D eigenvalue weighted by molar-refractivity contribution is 5.55. The van der Waals surface area contributed by atoms with Crippen LogP contribution in [0.1, 0.15) is 18.9 Å². The van der Waals surface area contributed by atoms with Gasteiger partial charge >= 0.3 is 0 Å². The first-order chi connectivity index (χ1) is 10.1. The van der Waals surface area contributed by atoms with Gasteiger partial charge in [0.15, 0.2) is 5.76 Å². The van der Waals surface area contributed by atoms with E-state index in [0.29, 0.717) is 19.0 Å². The summed E-state index contributed by atoms with van der Waals surface area (Å²) in [4.78, 5) is 6.34. The Labute approximate surface area is 125 Å². The minimum atomic E-state index is -0.522. The molecule has 0 aliphatic heterocycles. The first-order valence-electron chi connectivity index (χ1n) is 7.00. The highest BCUT2D eigenvalue weighted by Gasteiger charge is 2.20. The molecule has 5 heteroatoms. The molecule has 2 rings (SSSR count). The molecular weight excluding hydrogens is 268 g/mol. The molecule has 0 saturated heterocycles. The Kier molecular flexibility index (Phi) is 5.50. The number of ether oxygens (including phenoxy) is 1. The molecule has 114 valence electrons. The van der Waals surface area contributed by atoms with Gasteiger partial charge in [0.25, 0.3) is 0 Å². The summed E-state index contributed by atoms with van der Waals surface area (Å²) in [6, 6.07) is 9.85. The molecule has 1 N–H and O–H groups in total. The van der Waals surface area contributed by atoms with E-state index in [4.69, 9.17) is 9.15 Å². The van der Waals surface area contributed by atoms with Crippen molar-refractivity contribution in [2.75, 3.05) is 27.3 Å². The third kappa shape index (κ3) is 4.14. The van der Waals surface area contributed by atoms with Crippen molar-refractivity contribution in [3.8, 4) is 11.3 Å². The van der Waals surface area contributed by atoms with Crippen molar-refractivity contribution < 1.29 is 14.3 Å². The van der Waals surface area contributed by atoms with E-state index < -0.39 is 6.10 Å². The van der Waals surface area contributed by atoms with Crippen LogP contribution in [0, 0.1) is 0 Å². The van der Waals surface area contributed by atoms with Crippen LogP contribution in [0.15, 0.2) is 40.9 Å². The number of hydrogen-bond acceptors (Lipinski definition) is 5. The zero-order chi connectivity index (χ0) is 15.2. The van der Waals surface area contributed by atoms with Crippen molar-refractivity contribution in [2.45, 2.75) is 19.1 Å². The van der Waals surface area contributed by atoms with Crippen molar-refractivity contribution in [1.29, 1.82) is 0 Å². The Hall–Kier alpha value is -1.69. The summed E-state index contributed by atoms with van der Waals surface area (Å²) in [7, 11) is 3.50. The summed E-state index contributed by atoms with van der Waals surface area (Å²) >= 11 is 0. The Balaban J connectivity index is 2.03. The van der Waals surface area contributed by atoms with Crippen molar-refractivity contribution >= 4 is 0 Å². The number of nitrogens with zero attached hydrogens (tertiary/aromatic N) is 2. The lowest BCUT2D eigenvalue weighted by atomic mass is 10.2.